The molecule has 2 heterocycles. The van der Waals surface area contributed by atoms with Gasteiger partial charge in [-0.05, 0) is 48.7 Å². The number of carbonyl (C=O) groups excluding carboxylic acids is 1. The van der Waals surface area contributed by atoms with Gasteiger partial charge in [-0.25, -0.2) is 4.98 Å². The van der Waals surface area contributed by atoms with Gasteiger partial charge in [0.25, 0.3) is 0 Å². The lowest BCUT2D eigenvalue weighted by Crippen LogP contribution is -2.30. The minimum atomic E-state index is 0.0698. The Morgan fingerprint density at radius 2 is 1.88 bits per heavy atom. The largest absolute Gasteiger partial charge is 0.282 e. The van der Waals surface area contributed by atoms with E-state index in [1.54, 1.807) is 34.2 Å². The lowest BCUT2D eigenvalue weighted by atomic mass is 10.0. The van der Waals surface area contributed by atoms with Crippen molar-refractivity contribution in [1.29, 1.82) is 0 Å². The van der Waals surface area contributed by atoms with Crippen molar-refractivity contribution >= 4 is 44.4 Å². The van der Waals surface area contributed by atoms with E-state index in [-0.39, 0.29) is 5.91 Å². The first kappa shape index (κ1) is 22.5. The van der Waals surface area contributed by atoms with E-state index in [0.29, 0.717) is 18.9 Å². The number of thioether (sulfide) groups is 1. The normalized spacial score (nSPS) is 11.2. The summed E-state index contributed by atoms with van der Waals surface area (Å²) in [4.78, 5) is 25.7. The number of para-hydroxylation sites is 1. The lowest BCUT2D eigenvalue weighted by molar-refractivity contribution is -0.118. The highest BCUT2D eigenvalue weighted by Gasteiger charge is 2.21. The number of aromatic nitrogens is 2. The summed E-state index contributed by atoms with van der Waals surface area (Å²) >= 11 is 3.28. The fourth-order valence-corrected chi connectivity index (χ4v) is 5.34. The Hall–Kier alpha value is -2.70. The van der Waals surface area contributed by atoms with Gasteiger partial charge >= 0.3 is 0 Å². The summed E-state index contributed by atoms with van der Waals surface area (Å²) in [5.41, 5.74) is 4.31. The third kappa shape index (κ3) is 5.37. The van der Waals surface area contributed by atoms with Gasteiger partial charge in [0, 0.05) is 23.3 Å². The topological polar surface area (TPSA) is 46.1 Å². The van der Waals surface area contributed by atoms with Gasteiger partial charge in [0.1, 0.15) is 0 Å². The number of aryl methyl sites for hydroxylation is 1. The summed E-state index contributed by atoms with van der Waals surface area (Å²) in [6.45, 7) is 6.85. The maximum absolute atomic E-state index is 13.3. The van der Waals surface area contributed by atoms with E-state index in [4.69, 9.17) is 4.98 Å². The Kier molecular flexibility index (Phi) is 7.22. The highest BCUT2D eigenvalue weighted by molar-refractivity contribution is 7.99. The van der Waals surface area contributed by atoms with Crippen molar-refractivity contribution in [1.82, 2.24) is 9.97 Å². The average molecular weight is 462 g/mol. The third-order valence-corrected chi connectivity index (χ3v) is 7.30. The molecule has 0 aliphatic carbocycles. The molecule has 0 saturated carbocycles. The van der Waals surface area contributed by atoms with Crippen LogP contribution in [0.4, 0.5) is 5.13 Å². The molecule has 1 amide bonds. The number of amides is 1. The average Bonchev–Trinajstić information content (AvgIpc) is 3.23. The van der Waals surface area contributed by atoms with E-state index in [9.17, 15) is 4.79 Å². The molecule has 4 nitrogen and oxygen atoms in total. The van der Waals surface area contributed by atoms with Crippen LogP contribution < -0.4 is 4.90 Å². The highest BCUT2D eigenvalue weighted by Crippen LogP contribution is 2.34. The maximum Gasteiger partial charge on any atom is 0.229 e. The second-order valence-corrected chi connectivity index (χ2v) is 10.2. The number of hydrogen-bond donors (Lipinski definition) is 0. The summed E-state index contributed by atoms with van der Waals surface area (Å²) in [5.74, 6) is 1.17. The summed E-state index contributed by atoms with van der Waals surface area (Å²) in [7, 11) is 0. The zero-order valence-corrected chi connectivity index (χ0v) is 20.2. The molecule has 0 unspecified atom stereocenters. The first-order chi connectivity index (χ1) is 15.5. The van der Waals surface area contributed by atoms with Gasteiger partial charge in [0.2, 0.25) is 5.91 Å². The minimum absolute atomic E-state index is 0.0698. The molecule has 0 spiro atoms. The van der Waals surface area contributed by atoms with E-state index in [1.807, 2.05) is 18.2 Å². The zero-order valence-electron chi connectivity index (χ0n) is 18.6. The second-order valence-electron chi connectivity index (χ2n) is 8.06. The molecular formula is C26H27N3OS2. The number of anilines is 1. The van der Waals surface area contributed by atoms with E-state index >= 15 is 0 Å². The summed E-state index contributed by atoms with van der Waals surface area (Å²) in [6.07, 6.45) is 2.21. The quantitative estimate of drug-likeness (QED) is 0.270. The lowest BCUT2D eigenvalue weighted by Gasteiger charge is -2.19. The number of nitrogens with zero attached hydrogens (tertiary/aromatic N) is 3. The molecule has 0 bridgehead atoms. The number of pyridine rings is 1. The number of benzene rings is 2. The van der Waals surface area contributed by atoms with Crippen molar-refractivity contribution in [3.05, 3.63) is 83.7 Å². The fourth-order valence-electron chi connectivity index (χ4n) is 3.48. The predicted octanol–water partition coefficient (Wildman–Crippen LogP) is 6.84. The minimum Gasteiger partial charge on any atom is -0.282 e. The SMILES string of the molecule is Cc1ccc(SCCC(=O)N(Cc2ccccn2)c2nc3c(C(C)C)cccc3s2)cc1. The van der Waals surface area contributed by atoms with E-state index in [2.05, 4.69) is 68.2 Å². The molecule has 0 saturated heterocycles. The Balaban J connectivity index is 1.57. The molecule has 0 radical (unpaired) electrons. The Morgan fingerprint density at radius 1 is 1.06 bits per heavy atom. The molecule has 2 aromatic carbocycles. The fraction of sp³-hybridized carbons (Fsp3) is 0.269. The molecule has 6 heteroatoms. The van der Waals surface area contributed by atoms with Gasteiger partial charge in [-0.1, -0.05) is 61.1 Å². The van der Waals surface area contributed by atoms with Crippen LogP contribution in [-0.2, 0) is 11.3 Å². The van der Waals surface area contributed by atoms with Crippen molar-refractivity contribution < 1.29 is 4.79 Å². The maximum atomic E-state index is 13.3. The van der Waals surface area contributed by atoms with Crippen LogP contribution in [-0.4, -0.2) is 21.6 Å². The number of hydrogen-bond acceptors (Lipinski definition) is 5. The molecule has 164 valence electrons. The van der Waals surface area contributed by atoms with Crippen molar-refractivity contribution in [2.75, 3.05) is 10.7 Å². The van der Waals surface area contributed by atoms with E-state index in [1.165, 1.54) is 16.0 Å². The smallest absolute Gasteiger partial charge is 0.229 e. The summed E-state index contributed by atoms with van der Waals surface area (Å²) in [6, 6.07) is 20.5. The summed E-state index contributed by atoms with van der Waals surface area (Å²) in [5, 5.41) is 0.740. The number of thiazole rings is 1. The van der Waals surface area contributed by atoms with Gasteiger partial charge < -0.3 is 0 Å². The molecule has 32 heavy (non-hydrogen) atoms. The van der Waals surface area contributed by atoms with Crippen LogP contribution in [0, 0.1) is 6.92 Å². The molecule has 4 aromatic rings. The first-order valence-electron chi connectivity index (χ1n) is 10.8. The molecule has 0 fully saturated rings. The Morgan fingerprint density at radius 3 is 2.59 bits per heavy atom. The van der Waals surface area contributed by atoms with E-state index < -0.39 is 0 Å². The molecule has 0 N–H and O–H groups in total. The van der Waals surface area contributed by atoms with Crippen LogP contribution in [0.1, 0.15) is 43.0 Å². The molecule has 0 aliphatic heterocycles. The number of carbonyl (C=O) groups is 1. The highest BCUT2D eigenvalue weighted by atomic mass is 32.2. The van der Waals surface area contributed by atoms with Crippen molar-refractivity contribution in [3.8, 4) is 0 Å². The predicted molar refractivity (Wildman–Crippen MR) is 136 cm³/mol. The molecule has 0 atom stereocenters. The van der Waals surface area contributed by atoms with Crippen LogP contribution >= 0.6 is 23.1 Å². The van der Waals surface area contributed by atoms with Crippen LogP contribution in [0.2, 0.25) is 0 Å². The van der Waals surface area contributed by atoms with Gasteiger partial charge in [-0.2, -0.15) is 0 Å². The Labute approximate surface area is 197 Å². The van der Waals surface area contributed by atoms with Gasteiger partial charge in [0.05, 0.1) is 22.5 Å². The van der Waals surface area contributed by atoms with Crippen LogP contribution in [0.3, 0.4) is 0 Å². The molecular weight excluding hydrogens is 434 g/mol. The van der Waals surface area contributed by atoms with Gasteiger partial charge in [-0.3, -0.25) is 14.7 Å². The van der Waals surface area contributed by atoms with E-state index in [0.717, 1.165) is 26.8 Å². The van der Waals surface area contributed by atoms with Crippen LogP contribution in [0.25, 0.3) is 10.2 Å². The first-order valence-corrected chi connectivity index (χ1v) is 12.6. The standard InChI is InChI=1S/C26H27N3OS2/c1-18(2)22-8-6-9-23-25(22)28-26(32-23)29(17-20-7-4-5-15-27-20)24(30)14-16-31-21-12-10-19(3)11-13-21/h4-13,15,18H,14,16-17H2,1-3H3. The van der Waals surface area contributed by atoms with Gasteiger partial charge in [-0.15, -0.1) is 11.8 Å². The van der Waals surface area contributed by atoms with Crippen LogP contribution in [0.5, 0.6) is 0 Å². The number of fused-ring (bicyclic) bond motifs is 1. The van der Waals surface area contributed by atoms with Crippen LogP contribution in [0.15, 0.2) is 71.8 Å². The Bertz CT molecular complexity index is 1190. The molecule has 2 aromatic heterocycles. The number of rotatable bonds is 8. The third-order valence-electron chi connectivity index (χ3n) is 5.24. The van der Waals surface area contributed by atoms with Crippen molar-refractivity contribution in [3.63, 3.8) is 0 Å². The summed E-state index contributed by atoms with van der Waals surface area (Å²) < 4.78 is 1.11. The van der Waals surface area contributed by atoms with Crippen molar-refractivity contribution in [2.24, 2.45) is 0 Å². The van der Waals surface area contributed by atoms with Gasteiger partial charge in [0.15, 0.2) is 5.13 Å². The zero-order chi connectivity index (χ0) is 22.5. The molecule has 4 rings (SSSR count). The molecule has 0 aliphatic rings. The monoisotopic (exact) mass is 461 g/mol. The second kappa shape index (κ2) is 10.3. The van der Waals surface area contributed by atoms with Crippen molar-refractivity contribution in [2.45, 2.75) is 44.6 Å².